The van der Waals surface area contributed by atoms with Crippen molar-refractivity contribution in [3.8, 4) is 11.5 Å². The highest BCUT2D eigenvalue weighted by Gasteiger charge is 2.21. The number of para-hydroxylation sites is 2. The molecule has 3 rings (SSSR count). The van der Waals surface area contributed by atoms with Crippen LogP contribution in [0.2, 0.25) is 0 Å². The molecule has 20 heavy (non-hydrogen) atoms. The first-order valence-corrected chi connectivity index (χ1v) is 7.71. The van der Waals surface area contributed by atoms with E-state index in [4.69, 9.17) is 9.47 Å². The van der Waals surface area contributed by atoms with Gasteiger partial charge in [0, 0.05) is 0 Å². The summed E-state index contributed by atoms with van der Waals surface area (Å²) in [4.78, 5) is 0.267. The van der Waals surface area contributed by atoms with Gasteiger partial charge in [0.1, 0.15) is 12.0 Å². The molecular weight excluding hydrogens is 276 g/mol. The van der Waals surface area contributed by atoms with E-state index in [2.05, 4.69) is 0 Å². The molecule has 1 heterocycles. The highest BCUT2D eigenvalue weighted by Crippen LogP contribution is 2.32. The van der Waals surface area contributed by atoms with Gasteiger partial charge in [0.25, 0.3) is 0 Å². The fourth-order valence-electron chi connectivity index (χ4n) is 1.89. The van der Waals surface area contributed by atoms with Gasteiger partial charge in [-0.05, 0) is 24.3 Å². The molecular formula is C15H12O4S. The average Bonchev–Trinajstić information content (AvgIpc) is 2.48. The number of sulfone groups is 1. The largest absolute Gasteiger partial charge is 0.458 e. The van der Waals surface area contributed by atoms with Crippen LogP contribution in [-0.2, 0) is 9.84 Å². The maximum atomic E-state index is 12.2. The van der Waals surface area contributed by atoms with Gasteiger partial charge in [0.2, 0.25) is 0 Å². The molecule has 0 fully saturated rings. The normalized spacial score (nSPS) is 13.7. The molecule has 2 aromatic carbocycles. The third-order valence-electron chi connectivity index (χ3n) is 2.84. The lowest BCUT2D eigenvalue weighted by molar-refractivity contribution is 0.328. The summed E-state index contributed by atoms with van der Waals surface area (Å²) < 4.78 is 35.4. The van der Waals surface area contributed by atoms with Crippen LogP contribution in [0.5, 0.6) is 11.5 Å². The van der Waals surface area contributed by atoms with Crippen molar-refractivity contribution >= 4 is 9.84 Å². The molecule has 102 valence electrons. The second-order valence-corrected chi connectivity index (χ2v) is 6.31. The van der Waals surface area contributed by atoms with Crippen molar-refractivity contribution in [2.75, 3.05) is 5.75 Å². The summed E-state index contributed by atoms with van der Waals surface area (Å²) in [5.41, 5.74) is 0. The van der Waals surface area contributed by atoms with Crippen LogP contribution in [0, 0.1) is 0 Å². The number of hydrogen-bond acceptors (Lipinski definition) is 4. The van der Waals surface area contributed by atoms with Crippen molar-refractivity contribution in [2.45, 2.75) is 4.90 Å². The Kier molecular flexibility index (Phi) is 3.20. The molecule has 1 aliphatic heterocycles. The van der Waals surface area contributed by atoms with Crippen molar-refractivity contribution < 1.29 is 17.9 Å². The van der Waals surface area contributed by atoms with Gasteiger partial charge in [-0.15, -0.1) is 0 Å². The van der Waals surface area contributed by atoms with E-state index in [9.17, 15) is 8.42 Å². The summed E-state index contributed by atoms with van der Waals surface area (Å²) in [5, 5.41) is 0. The molecule has 2 aromatic rings. The van der Waals surface area contributed by atoms with E-state index < -0.39 is 9.84 Å². The molecule has 5 heteroatoms. The zero-order valence-corrected chi connectivity index (χ0v) is 11.3. The third-order valence-corrected chi connectivity index (χ3v) is 4.50. The molecule has 0 aliphatic carbocycles. The Morgan fingerprint density at radius 2 is 1.50 bits per heavy atom. The van der Waals surface area contributed by atoms with Gasteiger partial charge in [-0.25, -0.2) is 8.42 Å². The molecule has 0 saturated heterocycles. The number of ether oxygens (including phenoxy) is 2. The van der Waals surface area contributed by atoms with E-state index in [0.29, 0.717) is 11.5 Å². The monoisotopic (exact) mass is 288 g/mol. The van der Waals surface area contributed by atoms with Gasteiger partial charge in [0.05, 0.1) is 4.90 Å². The number of fused-ring (bicyclic) bond motifs is 1. The standard InChI is InChI=1S/C15H12O4S/c16-20(17,13-6-2-1-3-7-13)11-12-10-18-14-8-4-5-9-15(14)19-12/h1-10H,11H2. The van der Waals surface area contributed by atoms with Crippen molar-refractivity contribution in [3.05, 3.63) is 66.6 Å². The maximum absolute atomic E-state index is 12.2. The van der Waals surface area contributed by atoms with E-state index in [-0.39, 0.29) is 16.4 Å². The summed E-state index contributed by atoms with van der Waals surface area (Å²) >= 11 is 0. The Bertz CT molecular complexity index is 748. The van der Waals surface area contributed by atoms with E-state index in [0.717, 1.165) is 0 Å². The Labute approximate surface area is 117 Å². The smallest absolute Gasteiger partial charge is 0.185 e. The van der Waals surface area contributed by atoms with Crippen LogP contribution >= 0.6 is 0 Å². The fourth-order valence-corrected chi connectivity index (χ4v) is 3.13. The van der Waals surface area contributed by atoms with Gasteiger partial charge in [-0.2, -0.15) is 0 Å². The van der Waals surface area contributed by atoms with Gasteiger partial charge in [-0.1, -0.05) is 30.3 Å². The Balaban J connectivity index is 1.82. The van der Waals surface area contributed by atoms with Crippen molar-refractivity contribution in [1.29, 1.82) is 0 Å². The minimum atomic E-state index is -3.44. The molecule has 0 saturated carbocycles. The topological polar surface area (TPSA) is 52.6 Å². The highest BCUT2D eigenvalue weighted by atomic mass is 32.2. The van der Waals surface area contributed by atoms with Gasteiger partial charge in [-0.3, -0.25) is 0 Å². The molecule has 0 amide bonds. The molecule has 1 aliphatic rings. The zero-order chi connectivity index (χ0) is 14.0. The summed E-state index contributed by atoms with van der Waals surface area (Å²) in [6.07, 6.45) is 1.34. The molecule has 0 N–H and O–H groups in total. The van der Waals surface area contributed by atoms with Gasteiger partial charge < -0.3 is 9.47 Å². The summed E-state index contributed by atoms with van der Waals surface area (Å²) in [6.45, 7) is 0. The second kappa shape index (κ2) is 5.02. The van der Waals surface area contributed by atoms with E-state index in [1.165, 1.54) is 6.26 Å². The minimum absolute atomic E-state index is 0.231. The van der Waals surface area contributed by atoms with Crippen LogP contribution in [0.1, 0.15) is 0 Å². The van der Waals surface area contributed by atoms with Crippen molar-refractivity contribution in [3.63, 3.8) is 0 Å². The number of benzene rings is 2. The minimum Gasteiger partial charge on any atom is -0.458 e. The van der Waals surface area contributed by atoms with Gasteiger partial charge >= 0.3 is 0 Å². The first-order valence-electron chi connectivity index (χ1n) is 6.05. The average molecular weight is 288 g/mol. The molecule has 0 radical (unpaired) electrons. The van der Waals surface area contributed by atoms with Crippen LogP contribution in [0.4, 0.5) is 0 Å². The van der Waals surface area contributed by atoms with Crippen LogP contribution < -0.4 is 9.47 Å². The quantitative estimate of drug-likeness (QED) is 0.871. The predicted molar refractivity (Wildman–Crippen MR) is 74.3 cm³/mol. The molecule has 0 aromatic heterocycles. The highest BCUT2D eigenvalue weighted by molar-refractivity contribution is 7.91. The first kappa shape index (κ1) is 12.7. The SMILES string of the molecule is O=S(=O)(CC1=COc2ccccc2O1)c1ccccc1. The number of rotatable bonds is 3. The Morgan fingerprint density at radius 1 is 0.850 bits per heavy atom. The Hall–Kier alpha value is -2.27. The summed E-state index contributed by atoms with van der Waals surface area (Å²) in [6, 6.07) is 15.4. The Morgan fingerprint density at radius 3 is 2.25 bits per heavy atom. The van der Waals surface area contributed by atoms with Crippen molar-refractivity contribution in [2.24, 2.45) is 0 Å². The van der Waals surface area contributed by atoms with Crippen LogP contribution in [0.15, 0.2) is 71.5 Å². The van der Waals surface area contributed by atoms with Crippen LogP contribution in [-0.4, -0.2) is 14.2 Å². The summed E-state index contributed by atoms with van der Waals surface area (Å²) in [5.74, 6) is 1.14. The summed E-state index contributed by atoms with van der Waals surface area (Å²) in [7, 11) is -3.44. The predicted octanol–water partition coefficient (Wildman–Crippen LogP) is 2.77. The zero-order valence-electron chi connectivity index (χ0n) is 10.5. The van der Waals surface area contributed by atoms with E-state index in [1.807, 2.05) is 6.07 Å². The molecule has 0 spiro atoms. The lowest BCUT2D eigenvalue weighted by atomic mass is 10.3. The van der Waals surface area contributed by atoms with Crippen LogP contribution in [0.3, 0.4) is 0 Å². The number of hydrogen-bond donors (Lipinski definition) is 0. The third kappa shape index (κ3) is 2.53. The first-order chi connectivity index (χ1) is 9.65. The second-order valence-electron chi connectivity index (χ2n) is 4.32. The fraction of sp³-hybridized carbons (Fsp3) is 0.0667. The van der Waals surface area contributed by atoms with E-state index >= 15 is 0 Å². The van der Waals surface area contributed by atoms with Crippen LogP contribution in [0.25, 0.3) is 0 Å². The van der Waals surface area contributed by atoms with Gasteiger partial charge in [0.15, 0.2) is 27.1 Å². The molecule has 0 unspecified atom stereocenters. The molecule has 4 nitrogen and oxygen atoms in total. The lowest BCUT2D eigenvalue weighted by Gasteiger charge is -2.17. The lowest BCUT2D eigenvalue weighted by Crippen LogP contribution is -2.15. The van der Waals surface area contributed by atoms with E-state index in [1.54, 1.807) is 48.5 Å². The van der Waals surface area contributed by atoms with Crippen molar-refractivity contribution in [1.82, 2.24) is 0 Å². The molecule has 0 bridgehead atoms. The maximum Gasteiger partial charge on any atom is 0.185 e. The molecule has 0 atom stereocenters.